The summed E-state index contributed by atoms with van der Waals surface area (Å²) in [6.45, 7) is 0.549. The van der Waals surface area contributed by atoms with Crippen molar-refractivity contribution in [3.63, 3.8) is 0 Å². The van der Waals surface area contributed by atoms with Gasteiger partial charge >= 0.3 is 0 Å². The Morgan fingerprint density at radius 3 is 3.08 bits per heavy atom. The molecule has 0 unspecified atom stereocenters. The minimum atomic E-state index is 0.541. The average molecular weight is 174 g/mol. The van der Waals surface area contributed by atoms with Crippen molar-refractivity contribution in [1.29, 1.82) is 0 Å². The molecule has 0 aliphatic carbocycles. The van der Waals surface area contributed by atoms with Crippen molar-refractivity contribution in [2.75, 3.05) is 6.54 Å². The minimum absolute atomic E-state index is 0.541. The lowest BCUT2D eigenvalue weighted by Crippen LogP contribution is -1.95. The second-order valence-electron chi connectivity index (χ2n) is 2.47. The second kappa shape index (κ2) is 5.07. The molecular weight excluding hydrogens is 164 g/mol. The molecule has 2 N–H and O–H groups in total. The zero-order valence-electron chi connectivity index (χ0n) is 7.16. The van der Waals surface area contributed by atoms with Gasteiger partial charge in [-0.2, -0.15) is 0 Å². The van der Waals surface area contributed by atoms with Crippen molar-refractivity contribution in [3.05, 3.63) is 29.6 Å². The Morgan fingerprint density at radius 2 is 2.38 bits per heavy atom. The number of rotatable bonds is 2. The Morgan fingerprint density at radius 1 is 1.54 bits per heavy atom. The third-order valence-electron chi connectivity index (χ3n) is 1.40. The van der Waals surface area contributed by atoms with Gasteiger partial charge in [0.15, 0.2) is 6.29 Å². The third kappa shape index (κ3) is 3.06. The van der Waals surface area contributed by atoms with Gasteiger partial charge in [-0.1, -0.05) is 11.8 Å². The number of pyridine rings is 1. The van der Waals surface area contributed by atoms with E-state index < -0.39 is 0 Å². The molecule has 0 spiro atoms. The highest BCUT2D eigenvalue weighted by atomic mass is 16.1. The first-order chi connectivity index (χ1) is 6.36. The molecule has 13 heavy (non-hydrogen) atoms. The quantitative estimate of drug-likeness (QED) is 0.527. The smallest absolute Gasteiger partial charge is 0.151 e. The highest BCUT2D eigenvalue weighted by Crippen LogP contribution is 1.97. The van der Waals surface area contributed by atoms with E-state index in [1.54, 1.807) is 12.3 Å². The van der Waals surface area contributed by atoms with Crippen molar-refractivity contribution < 1.29 is 4.79 Å². The molecule has 66 valence electrons. The van der Waals surface area contributed by atoms with Crippen LogP contribution >= 0.6 is 0 Å². The molecule has 0 radical (unpaired) electrons. The zero-order chi connectivity index (χ0) is 9.52. The first kappa shape index (κ1) is 9.43. The van der Waals surface area contributed by atoms with E-state index in [2.05, 4.69) is 16.8 Å². The SMILES string of the molecule is NCCC#Cc1cncc(C=O)c1. The zero-order valence-corrected chi connectivity index (χ0v) is 7.16. The first-order valence-corrected chi connectivity index (χ1v) is 3.96. The maximum atomic E-state index is 10.4. The molecule has 0 saturated heterocycles. The second-order valence-corrected chi connectivity index (χ2v) is 2.47. The van der Waals surface area contributed by atoms with Crippen LogP contribution in [-0.4, -0.2) is 17.8 Å². The summed E-state index contributed by atoms with van der Waals surface area (Å²) in [4.78, 5) is 14.2. The van der Waals surface area contributed by atoms with Gasteiger partial charge in [-0.05, 0) is 6.07 Å². The topological polar surface area (TPSA) is 56.0 Å². The Kier molecular flexibility index (Phi) is 3.68. The molecule has 0 amide bonds. The van der Waals surface area contributed by atoms with Gasteiger partial charge in [-0.15, -0.1) is 0 Å². The number of aldehydes is 1. The van der Waals surface area contributed by atoms with E-state index in [-0.39, 0.29) is 0 Å². The van der Waals surface area contributed by atoms with Crippen LogP contribution in [0.2, 0.25) is 0 Å². The highest BCUT2D eigenvalue weighted by molar-refractivity contribution is 5.74. The number of hydrogen-bond acceptors (Lipinski definition) is 3. The molecule has 1 aromatic heterocycles. The Bertz CT molecular complexity index is 349. The molecule has 0 aromatic carbocycles. The van der Waals surface area contributed by atoms with Crippen LogP contribution in [0.4, 0.5) is 0 Å². The Labute approximate surface area is 77.0 Å². The summed E-state index contributed by atoms with van der Waals surface area (Å²) in [5.41, 5.74) is 6.56. The van der Waals surface area contributed by atoms with Crippen LogP contribution in [0.25, 0.3) is 0 Å². The van der Waals surface area contributed by atoms with Crippen LogP contribution < -0.4 is 5.73 Å². The Balaban J connectivity index is 2.79. The molecule has 1 heterocycles. The third-order valence-corrected chi connectivity index (χ3v) is 1.40. The van der Waals surface area contributed by atoms with E-state index in [9.17, 15) is 4.79 Å². The molecule has 3 nitrogen and oxygen atoms in total. The van der Waals surface area contributed by atoms with Gasteiger partial charge in [0, 0.05) is 36.5 Å². The molecular formula is C10H10N2O. The van der Waals surface area contributed by atoms with Gasteiger partial charge < -0.3 is 5.73 Å². The summed E-state index contributed by atoms with van der Waals surface area (Å²) < 4.78 is 0. The molecule has 0 aliphatic rings. The van der Waals surface area contributed by atoms with Crippen LogP contribution in [0.1, 0.15) is 22.3 Å². The lowest BCUT2D eigenvalue weighted by molar-refractivity contribution is 0.112. The molecule has 1 aromatic rings. The van der Waals surface area contributed by atoms with Gasteiger partial charge in [0.05, 0.1) is 0 Å². The lowest BCUT2D eigenvalue weighted by atomic mass is 10.2. The maximum absolute atomic E-state index is 10.4. The average Bonchev–Trinajstić information content (AvgIpc) is 2.19. The number of hydrogen-bond donors (Lipinski definition) is 1. The molecule has 0 bridgehead atoms. The van der Waals surface area contributed by atoms with E-state index in [1.807, 2.05) is 0 Å². The minimum Gasteiger partial charge on any atom is -0.330 e. The van der Waals surface area contributed by atoms with E-state index in [4.69, 9.17) is 5.73 Å². The summed E-state index contributed by atoms with van der Waals surface area (Å²) >= 11 is 0. The molecule has 1 rings (SSSR count). The highest BCUT2D eigenvalue weighted by Gasteiger charge is 1.90. The fraction of sp³-hybridized carbons (Fsp3) is 0.200. The fourth-order valence-electron chi connectivity index (χ4n) is 0.827. The Hall–Kier alpha value is -1.66. The summed E-state index contributed by atoms with van der Waals surface area (Å²) in [6, 6.07) is 1.70. The molecule has 0 atom stereocenters. The number of carbonyl (C=O) groups is 1. The number of aromatic nitrogens is 1. The van der Waals surface area contributed by atoms with Crippen molar-refractivity contribution in [3.8, 4) is 11.8 Å². The van der Waals surface area contributed by atoms with Gasteiger partial charge in [-0.3, -0.25) is 9.78 Å². The van der Waals surface area contributed by atoms with Crippen LogP contribution in [0.15, 0.2) is 18.5 Å². The van der Waals surface area contributed by atoms with Crippen LogP contribution in [0.5, 0.6) is 0 Å². The molecule has 0 fully saturated rings. The van der Waals surface area contributed by atoms with Gasteiger partial charge in [0.1, 0.15) is 0 Å². The summed E-state index contributed by atoms with van der Waals surface area (Å²) in [5, 5.41) is 0. The number of carbonyl (C=O) groups excluding carboxylic acids is 1. The predicted octanol–water partition coefficient (Wildman–Crippen LogP) is 0.594. The van der Waals surface area contributed by atoms with Gasteiger partial charge in [0.2, 0.25) is 0 Å². The molecule has 0 aliphatic heterocycles. The van der Waals surface area contributed by atoms with Crippen molar-refractivity contribution >= 4 is 6.29 Å². The van der Waals surface area contributed by atoms with Crippen LogP contribution in [-0.2, 0) is 0 Å². The first-order valence-electron chi connectivity index (χ1n) is 3.96. The van der Waals surface area contributed by atoms with Crippen molar-refractivity contribution in [1.82, 2.24) is 4.98 Å². The van der Waals surface area contributed by atoms with Gasteiger partial charge in [-0.25, -0.2) is 0 Å². The number of nitrogens with two attached hydrogens (primary N) is 1. The predicted molar refractivity (Wildman–Crippen MR) is 50.2 cm³/mol. The summed E-state index contributed by atoms with van der Waals surface area (Å²) in [7, 11) is 0. The lowest BCUT2D eigenvalue weighted by Gasteiger charge is -1.90. The van der Waals surface area contributed by atoms with Crippen LogP contribution in [0.3, 0.4) is 0 Å². The molecule has 3 heteroatoms. The van der Waals surface area contributed by atoms with Crippen molar-refractivity contribution in [2.45, 2.75) is 6.42 Å². The standard InChI is InChI=1S/C10H10N2O/c11-4-2-1-3-9-5-10(8-13)7-12-6-9/h5-8H,2,4,11H2. The monoisotopic (exact) mass is 174 g/mol. The molecule has 0 saturated carbocycles. The number of nitrogens with zero attached hydrogens (tertiary/aromatic N) is 1. The summed E-state index contributed by atoms with van der Waals surface area (Å²) in [5.74, 6) is 5.74. The van der Waals surface area contributed by atoms with Crippen LogP contribution in [0, 0.1) is 11.8 Å². The van der Waals surface area contributed by atoms with E-state index in [0.717, 1.165) is 11.8 Å². The maximum Gasteiger partial charge on any atom is 0.151 e. The summed E-state index contributed by atoms with van der Waals surface area (Å²) in [6.07, 6.45) is 4.53. The normalized spacial score (nSPS) is 8.69. The van der Waals surface area contributed by atoms with Crippen molar-refractivity contribution in [2.24, 2.45) is 5.73 Å². The van der Waals surface area contributed by atoms with Gasteiger partial charge in [0.25, 0.3) is 0 Å². The van der Waals surface area contributed by atoms with E-state index >= 15 is 0 Å². The largest absolute Gasteiger partial charge is 0.330 e. The fourth-order valence-corrected chi connectivity index (χ4v) is 0.827. The van der Waals surface area contributed by atoms with E-state index in [0.29, 0.717) is 18.5 Å². The van der Waals surface area contributed by atoms with E-state index in [1.165, 1.54) is 6.20 Å².